The zero-order valence-corrected chi connectivity index (χ0v) is 20.2. The third kappa shape index (κ3) is 10.5. The first-order valence-corrected chi connectivity index (χ1v) is 11.3. The van der Waals surface area contributed by atoms with Crippen molar-refractivity contribution < 1.29 is 33.9 Å². The number of hydrogen-bond donors (Lipinski definition) is 7. The Kier molecular flexibility index (Phi) is 12.0. The summed E-state index contributed by atoms with van der Waals surface area (Å²) in [4.78, 5) is 72.2. The molecule has 10 N–H and O–H groups in total. The monoisotopic (exact) mass is 506 g/mol. The van der Waals surface area contributed by atoms with Crippen LogP contribution < -0.4 is 33.2 Å². The van der Waals surface area contributed by atoms with Gasteiger partial charge < -0.3 is 38.3 Å². The Labute approximate surface area is 208 Å². The Morgan fingerprint density at radius 1 is 0.833 bits per heavy atom. The molecular formula is C23H34N6O7. The third-order valence-electron chi connectivity index (χ3n) is 5.21. The normalized spacial score (nSPS) is 14.1. The van der Waals surface area contributed by atoms with Crippen LogP contribution in [0.2, 0.25) is 0 Å². The van der Waals surface area contributed by atoms with Gasteiger partial charge in [0.15, 0.2) is 0 Å². The van der Waals surface area contributed by atoms with E-state index in [1.807, 2.05) is 0 Å². The van der Waals surface area contributed by atoms with Crippen LogP contribution in [0.1, 0.15) is 38.7 Å². The van der Waals surface area contributed by atoms with Gasteiger partial charge in [0.1, 0.15) is 18.1 Å². The highest BCUT2D eigenvalue weighted by Crippen LogP contribution is 2.08. The van der Waals surface area contributed by atoms with Gasteiger partial charge in [-0.1, -0.05) is 44.2 Å². The average Bonchev–Trinajstić information content (AvgIpc) is 2.79. The van der Waals surface area contributed by atoms with Gasteiger partial charge >= 0.3 is 5.97 Å². The maximum Gasteiger partial charge on any atom is 0.326 e. The minimum atomic E-state index is -1.33. The van der Waals surface area contributed by atoms with Crippen molar-refractivity contribution in [3.05, 3.63) is 35.9 Å². The first-order chi connectivity index (χ1) is 16.8. The van der Waals surface area contributed by atoms with Crippen molar-refractivity contribution in [1.82, 2.24) is 16.0 Å². The molecule has 4 unspecified atom stereocenters. The zero-order valence-electron chi connectivity index (χ0n) is 20.2. The predicted molar refractivity (Wildman–Crippen MR) is 129 cm³/mol. The van der Waals surface area contributed by atoms with Crippen LogP contribution in [0.15, 0.2) is 30.3 Å². The number of hydrogen-bond acceptors (Lipinski definition) is 7. The van der Waals surface area contributed by atoms with Gasteiger partial charge in [-0.2, -0.15) is 0 Å². The molecule has 1 aromatic rings. The average molecular weight is 507 g/mol. The van der Waals surface area contributed by atoms with E-state index in [1.165, 1.54) is 0 Å². The highest BCUT2D eigenvalue weighted by molar-refractivity contribution is 5.95. The summed E-state index contributed by atoms with van der Waals surface area (Å²) in [6, 6.07) is 3.64. The number of amides is 5. The zero-order chi connectivity index (χ0) is 27.4. The first-order valence-electron chi connectivity index (χ1n) is 11.3. The van der Waals surface area contributed by atoms with E-state index in [2.05, 4.69) is 16.0 Å². The van der Waals surface area contributed by atoms with Gasteiger partial charge in [0.05, 0.1) is 12.5 Å². The number of carboxylic acids is 1. The molecule has 0 radical (unpaired) electrons. The molecule has 0 saturated heterocycles. The molecule has 0 aliphatic rings. The number of carbonyl (C=O) groups is 6. The smallest absolute Gasteiger partial charge is 0.326 e. The Bertz CT molecular complexity index is 954. The fourth-order valence-electron chi connectivity index (χ4n) is 3.24. The molecule has 0 aliphatic carbocycles. The lowest BCUT2D eigenvalue weighted by Crippen LogP contribution is -2.58. The summed E-state index contributed by atoms with van der Waals surface area (Å²) in [5.41, 5.74) is 16.5. The second-order valence-electron chi connectivity index (χ2n) is 8.66. The van der Waals surface area contributed by atoms with Crippen LogP contribution in [0.25, 0.3) is 0 Å². The van der Waals surface area contributed by atoms with Gasteiger partial charge in [-0.05, 0) is 17.9 Å². The number of primary amides is 2. The minimum Gasteiger partial charge on any atom is -0.480 e. The molecule has 36 heavy (non-hydrogen) atoms. The molecule has 0 aliphatic heterocycles. The Balaban J connectivity index is 2.98. The van der Waals surface area contributed by atoms with Gasteiger partial charge in [0.2, 0.25) is 29.5 Å². The molecule has 0 spiro atoms. The maximum absolute atomic E-state index is 13.0. The van der Waals surface area contributed by atoms with E-state index in [9.17, 15) is 33.9 Å². The van der Waals surface area contributed by atoms with E-state index in [4.69, 9.17) is 17.2 Å². The number of benzene rings is 1. The van der Waals surface area contributed by atoms with Gasteiger partial charge in [-0.3, -0.25) is 24.0 Å². The fourth-order valence-corrected chi connectivity index (χ4v) is 3.24. The van der Waals surface area contributed by atoms with Gasteiger partial charge in [-0.15, -0.1) is 0 Å². The van der Waals surface area contributed by atoms with Crippen LogP contribution in [0.4, 0.5) is 0 Å². The molecular weight excluding hydrogens is 472 g/mol. The third-order valence-corrected chi connectivity index (χ3v) is 5.21. The quantitative estimate of drug-likeness (QED) is 0.139. The number of rotatable bonds is 15. The number of nitrogens with two attached hydrogens (primary N) is 3. The summed E-state index contributed by atoms with van der Waals surface area (Å²) >= 11 is 0. The lowest BCUT2D eigenvalue weighted by Gasteiger charge is -2.27. The fraction of sp³-hybridized carbons (Fsp3) is 0.478. The summed E-state index contributed by atoms with van der Waals surface area (Å²) in [5.74, 6) is -5.70. The van der Waals surface area contributed by atoms with Crippen molar-refractivity contribution in [2.45, 2.75) is 63.7 Å². The first kappa shape index (κ1) is 30.0. The molecule has 0 fully saturated rings. The van der Waals surface area contributed by atoms with E-state index >= 15 is 0 Å². The van der Waals surface area contributed by atoms with Crippen molar-refractivity contribution in [3.8, 4) is 0 Å². The van der Waals surface area contributed by atoms with Gasteiger partial charge in [0, 0.05) is 12.8 Å². The molecule has 4 atom stereocenters. The number of aliphatic carboxylic acids is 1. The highest BCUT2D eigenvalue weighted by atomic mass is 16.4. The van der Waals surface area contributed by atoms with Crippen LogP contribution in [0.5, 0.6) is 0 Å². The molecule has 13 nitrogen and oxygen atoms in total. The molecule has 0 aromatic heterocycles. The second-order valence-corrected chi connectivity index (χ2v) is 8.66. The molecule has 0 saturated carbocycles. The SMILES string of the molecule is CC(C)C(NC(=O)C(CCC(N)=O)NC(=O)C(N)CC(N)=O)C(=O)NC(Cc1ccccc1)C(=O)O. The number of nitrogens with one attached hydrogen (secondary N) is 3. The molecule has 0 heterocycles. The summed E-state index contributed by atoms with van der Waals surface area (Å²) < 4.78 is 0. The van der Waals surface area contributed by atoms with Crippen LogP contribution in [-0.4, -0.2) is 64.8 Å². The van der Waals surface area contributed by atoms with E-state index in [0.717, 1.165) is 0 Å². The molecule has 1 aromatic carbocycles. The summed E-state index contributed by atoms with van der Waals surface area (Å²) in [7, 11) is 0. The Morgan fingerprint density at radius 2 is 1.42 bits per heavy atom. The van der Waals surface area contributed by atoms with Gasteiger partial charge in [0.25, 0.3) is 0 Å². The lowest BCUT2D eigenvalue weighted by atomic mass is 10.00. The summed E-state index contributed by atoms with van der Waals surface area (Å²) in [6.07, 6.45) is -0.907. The lowest BCUT2D eigenvalue weighted by molar-refractivity contribution is -0.142. The number of carboxylic acid groups (broad SMARTS) is 1. The van der Waals surface area contributed by atoms with Crippen molar-refractivity contribution in [2.75, 3.05) is 0 Å². The Morgan fingerprint density at radius 3 is 1.92 bits per heavy atom. The van der Waals surface area contributed by atoms with Crippen LogP contribution >= 0.6 is 0 Å². The van der Waals surface area contributed by atoms with Crippen molar-refractivity contribution in [3.63, 3.8) is 0 Å². The van der Waals surface area contributed by atoms with Gasteiger partial charge in [-0.25, -0.2) is 4.79 Å². The van der Waals surface area contributed by atoms with E-state index in [0.29, 0.717) is 5.56 Å². The molecule has 5 amide bonds. The summed E-state index contributed by atoms with van der Waals surface area (Å²) in [6.45, 7) is 3.27. The van der Waals surface area contributed by atoms with Crippen LogP contribution in [0.3, 0.4) is 0 Å². The minimum absolute atomic E-state index is 0.0235. The molecule has 13 heteroatoms. The molecule has 1 rings (SSSR count). The second kappa shape index (κ2) is 14.4. The van der Waals surface area contributed by atoms with Crippen LogP contribution in [-0.2, 0) is 35.2 Å². The summed E-state index contributed by atoms with van der Waals surface area (Å²) in [5, 5.41) is 16.8. The standard InChI is InChI=1S/C23H34N6O7/c1-12(2)19(22(34)28-16(23(35)36)10-13-6-4-3-5-7-13)29-21(33)15(8-9-17(25)30)27-20(32)14(24)11-18(26)31/h3-7,12,14-16,19H,8-11,24H2,1-2H3,(H2,25,30)(H2,26,31)(H,27,32)(H,28,34)(H,29,33)(H,35,36). The van der Waals surface area contributed by atoms with E-state index in [1.54, 1.807) is 44.2 Å². The molecule has 198 valence electrons. The Hall–Kier alpha value is -4.00. The molecule has 0 bridgehead atoms. The topological polar surface area (TPSA) is 237 Å². The van der Waals surface area contributed by atoms with E-state index < -0.39 is 72.0 Å². The van der Waals surface area contributed by atoms with Crippen LogP contribution in [0, 0.1) is 5.92 Å². The number of carbonyl (C=O) groups excluding carboxylic acids is 5. The van der Waals surface area contributed by atoms with E-state index in [-0.39, 0.29) is 19.3 Å². The van der Waals surface area contributed by atoms with Crippen molar-refractivity contribution >= 4 is 35.5 Å². The highest BCUT2D eigenvalue weighted by Gasteiger charge is 2.32. The maximum atomic E-state index is 13.0. The predicted octanol–water partition coefficient (Wildman–Crippen LogP) is -2.11. The van der Waals surface area contributed by atoms with Crippen molar-refractivity contribution in [2.24, 2.45) is 23.1 Å². The largest absolute Gasteiger partial charge is 0.480 e. The van der Waals surface area contributed by atoms with Crippen molar-refractivity contribution in [1.29, 1.82) is 0 Å².